The first-order chi connectivity index (χ1) is 15.0. The number of carbonyl (C=O) groups excluding carboxylic acids is 1. The fourth-order valence-electron chi connectivity index (χ4n) is 4.44. The Hall–Kier alpha value is -2.08. The van der Waals surface area contributed by atoms with Crippen LogP contribution in [0.25, 0.3) is 0 Å². The van der Waals surface area contributed by atoms with Crippen molar-refractivity contribution in [2.24, 2.45) is 16.8 Å². The monoisotopic (exact) mass is 429 g/mol. The molecule has 0 spiro atoms. The van der Waals surface area contributed by atoms with E-state index in [0.717, 1.165) is 51.6 Å². The van der Waals surface area contributed by atoms with E-state index in [9.17, 15) is 4.79 Å². The molecule has 1 saturated heterocycles. The minimum Gasteiger partial charge on any atom is -0.356 e. The zero-order valence-corrected chi connectivity index (χ0v) is 20.2. The highest BCUT2D eigenvalue weighted by molar-refractivity contribution is 5.80. The van der Waals surface area contributed by atoms with E-state index in [1.54, 1.807) is 0 Å². The molecule has 1 aromatic rings. The summed E-state index contributed by atoms with van der Waals surface area (Å²) in [5.41, 5.74) is 1.28. The van der Waals surface area contributed by atoms with Gasteiger partial charge in [-0.1, -0.05) is 58.0 Å². The number of likely N-dealkylation sites (N-methyl/N-ethyl adjacent to an activating group) is 1. The van der Waals surface area contributed by atoms with Crippen molar-refractivity contribution >= 4 is 11.9 Å². The molecule has 1 aliphatic heterocycles. The van der Waals surface area contributed by atoms with Gasteiger partial charge in [-0.15, -0.1) is 0 Å². The van der Waals surface area contributed by atoms with E-state index < -0.39 is 0 Å². The van der Waals surface area contributed by atoms with Gasteiger partial charge in [-0.05, 0) is 37.4 Å². The van der Waals surface area contributed by atoms with Gasteiger partial charge in [0.15, 0.2) is 5.96 Å². The van der Waals surface area contributed by atoms with Crippen molar-refractivity contribution in [1.82, 2.24) is 20.4 Å². The summed E-state index contributed by atoms with van der Waals surface area (Å²) in [7, 11) is 1.82. The van der Waals surface area contributed by atoms with Gasteiger partial charge in [0.05, 0.1) is 0 Å². The van der Waals surface area contributed by atoms with Crippen molar-refractivity contribution in [3.63, 3.8) is 0 Å². The summed E-state index contributed by atoms with van der Waals surface area (Å²) in [5.74, 6) is 2.09. The van der Waals surface area contributed by atoms with Crippen molar-refractivity contribution in [2.45, 2.75) is 53.0 Å². The molecule has 1 heterocycles. The summed E-state index contributed by atoms with van der Waals surface area (Å²) in [6.45, 7) is 14.4. The van der Waals surface area contributed by atoms with Gasteiger partial charge in [0.1, 0.15) is 0 Å². The van der Waals surface area contributed by atoms with Gasteiger partial charge in [-0.25, -0.2) is 0 Å². The van der Waals surface area contributed by atoms with Crippen molar-refractivity contribution in [1.29, 1.82) is 0 Å². The van der Waals surface area contributed by atoms with Gasteiger partial charge in [-0.2, -0.15) is 0 Å². The largest absolute Gasteiger partial charge is 0.356 e. The lowest BCUT2D eigenvalue weighted by atomic mass is 10.0. The molecule has 31 heavy (non-hydrogen) atoms. The molecule has 1 aromatic carbocycles. The number of hydrogen-bond acceptors (Lipinski definition) is 3. The summed E-state index contributed by atoms with van der Waals surface area (Å²) >= 11 is 0. The number of amides is 1. The Morgan fingerprint density at radius 2 is 1.90 bits per heavy atom. The molecular formula is C25H43N5O. The Balaban J connectivity index is 1.77. The molecule has 0 aliphatic carbocycles. The average molecular weight is 430 g/mol. The molecule has 0 radical (unpaired) electrons. The van der Waals surface area contributed by atoms with E-state index >= 15 is 0 Å². The van der Waals surface area contributed by atoms with Crippen molar-refractivity contribution < 1.29 is 4.79 Å². The molecule has 0 aromatic heterocycles. The number of nitrogens with one attached hydrogen (secondary N) is 2. The van der Waals surface area contributed by atoms with E-state index in [0.29, 0.717) is 24.3 Å². The molecule has 0 bridgehead atoms. The Kier molecular flexibility index (Phi) is 10.9. The first-order valence-electron chi connectivity index (χ1n) is 12.0. The van der Waals surface area contributed by atoms with Crippen LogP contribution in [0.3, 0.4) is 0 Å². The lowest BCUT2D eigenvalue weighted by Crippen LogP contribution is -2.48. The van der Waals surface area contributed by atoms with Crippen molar-refractivity contribution in [2.75, 3.05) is 46.3 Å². The van der Waals surface area contributed by atoms with Gasteiger partial charge >= 0.3 is 0 Å². The van der Waals surface area contributed by atoms with Crippen molar-refractivity contribution in [3.05, 3.63) is 35.9 Å². The summed E-state index contributed by atoms with van der Waals surface area (Å²) < 4.78 is 0. The number of likely N-dealkylation sites (tertiary alicyclic amines) is 1. The molecule has 0 saturated carbocycles. The molecule has 6 heteroatoms. The van der Waals surface area contributed by atoms with E-state index in [2.05, 4.69) is 72.5 Å². The predicted molar refractivity (Wildman–Crippen MR) is 130 cm³/mol. The van der Waals surface area contributed by atoms with Crippen LogP contribution >= 0.6 is 0 Å². The van der Waals surface area contributed by atoms with E-state index in [-0.39, 0.29) is 5.91 Å². The van der Waals surface area contributed by atoms with Crippen LogP contribution in [-0.4, -0.2) is 74.0 Å². The van der Waals surface area contributed by atoms with E-state index in [1.807, 2.05) is 18.0 Å². The second-order valence-electron chi connectivity index (χ2n) is 8.98. The maximum Gasteiger partial charge on any atom is 0.223 e. The molecule has 1 amide bonds. The maximum absolute atomic E-state index is 12.4. The SMILES string of the molecule is CCN(CC)C(CNC(=NC)NCC1CC(=O)N(CCc2ccccc2)C1)CC(C)C. The van der Waals surface area contributed by atoms with Crippen LogP contribution < -0.4 is 10.6 Å². The standard InChI is InChI=1S/C25H43N5O/c1-6-29(7-2)23(15-20(3)4)18-28-25(26-5)27-17-22-16-24(31)30(19-22)14-13-21-11-9-8-10-12-21/h8-12,20,22-23H,6-7,13-19H2,1-5H3,(H2,26,27,28). The minimum atomic E-state index is 0.268. The molecule has 174 valence electrons. The van der Waals surface area contributed by atoms with Crippen LogP contribution in [0.1, 0.15) is 46.1 Å². The number of nitrogens with zero attached hydrogens (tertiary/aromatic N) is 3. The van der Waals surface area contributed by atoms with Gasteiger partial charge in [0, 0.05) is 51.6 Å². The fourth-order valence-corrected chi connectivity index (χ4v) is 4.44. The van der Waals surface area contributed by atoms with Gasteiger partial charge < -0.3 is 15.5 Å². The normalized spacial score (nSPS) is 18.2. The highest BCUT2D eigenvalue weighted by atomic mass is 16.2. The number of rotatable bonds is 12. The lowest BCUT2D eigenvalue weighted by Gasteiger charge is -2.31. The predicted octanol–water partition coefficient (Wildman–Crippen LogP) is 3.00. The third-order valence-electron chi connectivity index (χ3n) is 6.17. The number of benzene rings is 1. The van der Waals surface area contributed by atoms with E-state index in [1.165, 1.54) is 12.0 Å². The van der Waals surface area contributed by atoms with Gasteiger partial charge in [0.2, 0.25) is 5.91 Å². The van der Waals surface area contributed by atoms with Crippen LogP contribution in [0, 0.1) is 11.8 Å². The quantitative estimate of drug-likeness (QED) is 0.396. The van der Waals surface area contributed by atoms with Crippen LogP contribution in [0.2, 0.25) is 0 Å². The summed E-state index contributed by atoms with van der Waals surface area (Å²) in [5, 5.41) is 6.97. The molecule has 6 nitrogen and oxygen atoms in total. The van der Waals surface area contributed by atoms with Gasteiger partial charge in [0.25, 0.3) is 0 Å². The number of hydrogen-bond donors (Lipinski definition) is 2. The zero-order chi connectivity index (χ0) is 22.6. The van der Waals surface area contributed by atoms with Crippen LogP contribution in [0.5, 0.6) is 0 Å². The molecule has 1 aliphatic rings. The smallest absolute Gasteiger partial charge is 0.223 e. The number of guanidine groups is 1. The second kappa shape index (κ2) is 13.4. The maximum atomic E-state index is 12.4. The molecular weight excluding hydrogens is 386 g/mol. The fraction of sp³-hybridized carbons (Fsp3) is 0.680. The number of carbonyl (C=O) groups is 1. The summed E-state index contributed by atoms with van der Waals surface area (Å²) in [6, 6.07) is 10.9. The molecule has 2 rings (SSSR count). The van der Waals surface area contributed by atoms with Crippen molar-refractivity contribution in [3.8, 4) is 0 Å². The average Bonchev–Trinajstić information content (AvgIpc) is 3.12. The van der Waals surface area contributed by atoms with Crippen LogP contribution in [0.4, 0.5) is 0 Å². The Morgan fingerprint density at radius 3 is 2.52 bits per heavy atom. The van der Waals surface area contributed by atoms with Crippen LogP contribution in [0.15, 0.2) is 35.3 Å². The Bertz CT molecular complexity index is 672. The van der Waals surface area contributed by atoms with Crippen LogP contribution in [-0.2, 0) is 11.2 Å². The molecule has 2 atom stereocenters. The Morgan fingerprint density at radius 1 is 1.19 bits per heavy atom. The molecule has 2 unspecified atom stereocenters. The molecule has 2 N–H and O–H groups in total. The van der Waals surface area contributed by atoms with Gasteiger partial charge in [-0.3, -0.25) is 14.7 Å². The zero-order valence-electron chi connectivity index (χ0n) is 20.2. The third kappa shape index (κ3) is 8.52. The lowest BCUT2D eigenvalue weighted by molar-refractivity contribution is -0.127. The highest BCUT2D eigenvalue weighted by Gasteiger charge is 2.29. The topological polar surface area (TPSA) is 60.0 Å². The summed E-state index contributed by atoms with van der Waals surface area (Å²) in [4.78, 5) is 21.4. The Labute approximate surface area is 189 Å². The first kappa shape index (κ1) is 25.2. The number of aliphatic imine (C=N–C) groups is 1. The summed E-state index contributed by atoms with van der Waals surface area (Å²) in [6.07, 6.45) is 2.70. The van der Waals surface area contributed by atoms with E-state index in [4.69, 9.17) is 0 Å². The highest BCUT2D eigenvalue weighted by Crippen LogP contribution is 2.17. The first-order valence-corrected chi connectivity index (χ1v) is 12.0. The minimum absolute atomic E-state index is 0.268. The third-order valence-corrected chi connectivity index (χ3v) is 6.17. The molecule has 1 fully saturated rings. The second-order valence-corrected chi connectivity index (χ2v) is 8.98.